The van der Waals surface area contributed by atoms with Gasteiger partial charge in [-0.15, -0.1) is 20.4 Å². The van der Waals surface area contributed by atoms with Crippen molar-refractivity contribution in [3.05, 3.63) is 132 Å². The third kappa shape index (κ3) is 8.39. The van der Waals surface area contributed by atoms with E-state index in [-0.39, 0.29) is 18.2 Å². The van der Waals surface area contributed by atoms with Gasteiger partial charge in [-0.1, -0.05) is 6.42 Å². The van der Waals surface area contributed by atoms with Gasteiger partial charge in [-0.3, -0.25) is 19.7 Å². The molecule has 0 bridgehead atoms. The Morgan fingerprint density at radius 1 is 0.817 bits per heavy atom. The zero-order chi connectivity index (χ0) is 42.7. The number of ether oxygens (including phenoxy) is 1. The second kappa shape index (κ2) is 16.6. The number of aromatic nitrogens is 8. The second-order valence-corrected chi connectivity index (χ2v) is 15.9. The lowest BCUT2D eigenvalue weighted by molar-refractivity contribution is 0.0557. The highest BCUT2D eigenvalue weighted by molar-refractivity contribution is 5.92. The standard InChI is InChI=1S/C24H25FN6O2.C19H19FN6O/c1-23(2,3)33-22(32)31(16-24(10-5-11-24)21-18(25)6-4-12-27-21)20-8-7-19(28-29-20)30-13-9-17(14-26)15-30;1-25(19(8-3-9-19)17-14(20)4-2-10-22-17)15-5-6-16(24-23-15)26-11-7-13(12-26)18(21)27/h4,6-9,12-13,15H,5,10-11,16H2,1-3H3;2,4-7,10-12H,3,8-9H2,1H3,(H2,21,27). The van der Waals surface area contributed by atoms with E-state index in [9.17, 15) is 18.4 Å². The lowest BCUT2D eigenvalue weighted by atomic mass is 9.66. The van der Waals surface area contributed by atoms with E-state index in [2.05, 4.69) is 36.4 Å². The van der Waals surface area contributed by atoms with Crippen molar-refractivity contribution in [1.29, 1.82) is 5.26 Å². The summed E-state index contributed by atoms with van der Waals surface area (Å²) in [6, 6.07) is 18.3. The molecule has 0 unspecified atom stereocenters. The first kappa shape index (κ1) is 41.1. The molecule has 2 aliphatic rings. The molecule has 8 rings (SSSR count). The minimum atomic E-state index is -0.718. The van der Waals surface area contributed by atoms with Crippen LogP contribution in [0.2, 0.25) is 0 Å². The fraction of sp³-hybridized carbons (Fsp3) is 0.326. The van der Waals surface area contributed by atoms with Crippen LogP contribution in [0, 0.1) is 23.0 Å². The van der Waals surface area contributed by atoms with Gasteiger partial charge in [0.25, 0.3) is 0 Å². The van der Waals surface area contributed by atoms with Crippen LogP contribution in [0.5, 0.6) is 0 Å². The van der Waals surface area contributed by atoms with Crippen molar-refractivity contribution in [2.45, 2.75) is 75.9 Å². The van der Waals surface area contributed by atoms with Gasteiger partial charge in [-0.2, -0.15) is 5.26 Å². The van der Waals surface area contributed by atoms with Crippen LogP contribution in [0.4, 0.5) is 25.2 Å². The predicted molar refractivity (Wildman–Crippen MR) is 217 cm³/mol. The zero-order valence-corrected chi connectivity index (χ0v) is 33.7. The van der Waals surface area contributed by atoms with Crippen molar-refractivity contribution in [3.63, 3.8) is 0 Å². The number of amides is 2. The van der Waals surface area contributed by atoms with Crippen LogP contribution in [-0.4, -0.2) is 70.7 Å². The summed E-state index contributed by atoms with van der Waals surface area (Å²) in [5.74, 6) is 0.796. The number of hydrogen-bond acceptors (Lipinski definition) is 11. The van der Waals surface area contributed by atoms with Gasteiger partial charge < -0.3 is 24.5 Å². The van der Waals surface area contributed by atoms with E-state index in [0.717, 1.165) is 25.7 Å². The van der Waals surface area contributed by atoms with Gasteiger partial charge in [0.05, 0.1) is 22.4 Å². The van der Waals surface area contributed by atoms with Gasteiger partial charge in [0, 0.05) is 56.2 Å². The van der Waals surface area contributed by atoms with Gasteiger partial charge in [0.1, 0.15) is 29.0 Å². The van der Waals surface area contributed by atoms with Gasteiger partial charge >= 0.3 is 6.09 Å². The smallest absolute Gasteiger partial charge is 0.416 e. The van der Waals surface area contributed by atoms with E-state index in [1.54, 1.807) is 110 Å². The van der Waals surface area contributed by atoms with Gasteiger partial charge in [0.15, 0.2) is 23.3 Å². The number of anilines is 2. The Kier molecular flexibility index (Phi) is 11.4. The number of pyridine rings is 2. The van der Waals surface area contributed by atoms with Gasteiger partial charge in [-0.05, 0) is 114 Å². The molecule has 0 aromatic carbocycles. The van der Waals surface area contributed by atoms with Crippen molar-refractivity contribution in [2.24, 2.45) is 5.73 Å². The molecule has 0 atom stereocenters. The minimum absolute atomic E-state index is 0.173. The molecular formula is C43H44F2N12O3. The molecule has 2 aliphatic carbocycles. The molecule has 2 fully saturated rings. The first-order valence-electron chi connectivity index (χ1n) is 19.4. The zero-order valence-electron chi connectivity index (χ0n) is 33.7. The lowest BCUT2D eigenvalue weighted by Gasteiger charge is -2.48. The molecule has 0 aliphatic heterocycles. The molecule has 60 heavy (non-hydrogen) atoms. The SMILES string of the molecule is CC(C)(C)OC(=O)N(CC1(c2ncccc2F)CCC1)c1ccc(-n2ccc(C#N)c2)nn1.CN(c1ccc(-n2ccc(C(N)=O)c2)nn1)C1(c2ncccc2F)CCC1. The van der Waals surface area contributed by atoms with E-state index >= 15 is 0 Å². The largest absolute Gasteiger partial charge is 0.443 e. The summed E-state index contributed by atoms with van der Waals surface area (Å²) in [5, 5.41) is 26.0. The van der Waals surface area contributed by atoms with Crippen LogP contribution < -0.4 is 15.5 Å². The third-order valence-electron chi connectivity index (χ3n) is 10.9. The van der Waals surface area contributed by atoms with E-state index < -0.39 is 28.6 Å². The highest BCUT2D eigenvalue weighted by atomic mass is 19.1. The maximum absolute atomic E-state index is 14.7. The molecule has 15 nitrogen and oxygen atoms in total. The number of carbonyl (C=O) groups is 2. The van der Waals surface area contributed by atoms with E-state index in [1.807, 2.05) is 18.0 Å². The summed E-state index contributed by atoms with van der Waals surface area (Å²) < 4.78 is 38.0. The molecule has 6 heterocycles. The molecule has 2 N–H and O–H groups in total. The maximum Gasteiger partial charge on any atom is 0.416 e. The van der Waals surface area contributed by atoms with Crippen molar-refractivity contribution in [1.82, 2.24) is 39.5 Å². The monoisotopic (exact) mass is 814 g/mol. The topological polar surface area (TPSA) is 187 Å². The molecule has 2 saturated carbocycles. The third-order valence-corrected chi connectivity index (χ3v) is 10.9. The number of nitrogens with two attached hydrogens (primary N) is 1. The molecule has 0 saturated heterocycles. The van der Waals surface area contributed by atoms with Gasteiger partial charge in [-0.25, -0.2) is 13.6 Å². The van der Waals surface area contributed by atoms with Crippen LogP contribution in [0.25, 0.3) is 11.6 Å². The van der Waals surface area contributed by atoms with E-state index in [4.69, 9.17) is 15.7 Å². The average Bonchev–Trinajstić information content (AvgIpc) is 3.90. The summed E-state index contributed by atoms with van der Waals surface area (Å²) >= 11 is 0. The Balaban J connectivity index is 0.000000185. The number of halogens is 2. The van der Waals surface area contributed by atoms with Crippen LogP contribution in [0.15, 0.2) is 97.8 Å². The summed E-state index contributed by atoms with van der Waals surface area (Å²) in [4.78, 5) is 36.3. The van der Waals surface area contributed by atoms with E-state index in [0.29, 0.717) is 58.6 Å². The Labute approximate surface area is 345 Å². The lowest BCUT2D eigenvalue weighted by Crippen LogP contribution is -2.51. The Bertz CT molecular complexity index is 2520. The number of nitriles is 1. The van der Waals surface area contributed by atoms with Crippen LogP contribution in [0.3, 0.4) is 0 Å². The number of carbonyl (C=O) groups excluding carboxylic acids is 2. The molecule has 0 radical (unpaired) electrons. The van der Waals surface area contributed by atoms with E-state index in [1.165, 1.54) is 17.0 Å². The number of nitrogens with zero attached hydrogens (tertiary/aromatic N) is 11. The molecule has 2 amide bonds. The molecule has 6 aromatic heterocycles. The Hall–Kier alpha value is -7.09. The molecule has 308 valence electrons. The first-order valence-corrected chi connectivity index (χ1v) is 19.4. The van der Waals surface area contributed by atoms with Crippen LogP contribution >= 0.6 is 0 Å². The van der Waals surface area contributed by atoms with Crippen molar-refractivity contribution in [2.75, 3.05) is 23.4 Å². The van der Waals surface area contributed by atoms with Crippen molar-refractivity contribution >= 4 is 23.6 Å². The summed E-state index contributed by atoms with van der Waals surface area (Å²) in [6.07, 6.45) is 14.2. The second-order valence-electron chi connectivity index (χ2n) is 15.9. The normalized spacial score (nSPS) is 14.9. The Morgan fingerprint density at radius 3 is 1.87 bits per heavy atom. The molecule has 17 heteroatoms. The highest BCUT2D eigenvalue weighted by Crippen LogP contribution is 2.47. The Morgan fingerprint density at radius 2 is 1.40 bits per heavy atom. The molecule has 6 aromatic rings. The first-order chi connectivity index (χ1) is 28.7. The fourth-order valence-corrected chi connectivity index (χ4v) is 7.42. The highest BCUT2D eigenvalue weighted by Gasteiger charge is 2.47. The quantitative estimate of drug-likeness (QED) is 0.151. The van der Waals surface area contributed by atoms with Crippen LogP contribution in [0.1, 0.15) is 86.6 Å². The number of primary amides is 1. The van der Waals surface area contributed by atoms with Crippen molar-refractivity contribution < 1.29 is 23.1 Å². The molecule has 0 spiro atoms. The van der Waals surface area contributed by atoms with Crippen molar-refractivity contribution in [3.8, 4) is 17.7 Å². The van der Waals surface area contributed by atoms with Crippen LogP contribution in [-0.2, 0) is 15.7 Å². The molecular weight excluding hydrogens is 771 g/mol. The average molecular weight is 815 g/mol. The predicted octanol–water partition coefficient (Wildman–Crippen LogP) is 6.95. The van der Waals surface area contributed by atoms with Gasteiger partial charge in [0.2, 0.25) is 5.91 Å². The maximum atomic E-state index is 14.7. The number of hydrogen-bond donors (Lipinski definition) is 1. The fourth-order valence-electron chi connectivity index (χ4n) is 7.42. The summed E-state index contributed by atoms with van der Waals surface area (Å²) in [7, 11) is 1.89. The number of rotatable bonds is 10. The summed E-state index contributed by atoms with van der Waals surface area (Å²) in [6.45, 7) is 5.53. The summed E-state index contributed by atoms with van der Waals surface area (Å²) in [5.41, 5.74) is 5.13. The minimum Gasteiger partial charge on any atom is -0.443 e.